The van der Waals surface area contributed by atoms with Gasteiger partial charge in [-0.2, -0.15) is 0 Å². The highest BCUT2D eigenvalue weighted by atomic mass is 16.6. The van der Waals surface area contributed by atoms with Crippen LogP contribution in [-0.4, -0.2) is 76.7 Å². The second-order valence-electron chi connectivity index (χ2n) is 7.32. The van der Waals surface area contributed by atoms with E-state index in [0.717, 1.165) is 0 Å². The number of esters is 3. The lowest BCUT2D eigenvalue weighted by molar-refractivity contribution is -0.186. The van der Waals surface area contributed by atoms with Crippen LogP contribution in [0.3, 0.4) is 0 Å². The number of carbonyl (C=O) groups is 6. The Kier molecular flexibility index (Phi) is 11.3. The number of rotatable bonds is 9. The van der Waals surface area contributed by atoms with Gasteiger partial charge in [0.05, 0.1) is 6.61 Å². The molecule has 2 aliphatic heterocycles. The molecule has 0 aliphatic carbocycles. The fourth-order valence-electron chi connectivity index (χ4n) is 3.27. The van der Waals surface area contributed by atoms with Gasteiger partial charge < -0.3 is 29.5 Å². The molecule has 2 fully saturated rings. The van der Waals surface area contributed by atoms with E-state index in [0.29, 0.717) is 0 Å². The lowest BCUT2D eigenvalue weighted by Crippen LogP contribution is -2.62. The summed E-state index contributed by atoms with van der Waals surface area (Å²) in [5, 5.41) is 10.2. The van der Waals surface area contributed by atoms with E-state index in [4.69, 9.17) is 19.3 Å². The van der Waals surface area contributed by atoms with Crippen molar-refractivity contribution in [3.63, 3.8) is 0 Å². The number of nitrogens with one attached hydrogen (secondary N) is 1. The maximum absolute atomic E-state index is 12.3. The molecule has 12 nitrogen and oxygen atoms in total. The third-order valence-corrected chi connectivity index (χ3v) is 5.02. The van der Waals surface area contributed by atoms with Gasteiger partial charge in [0.1, 0.15) is 12.3 Å². The van der Waals surface area contributed by atoms with E-state index < -0.39 is 54.1 Å². The van der Waals surface area contributed by atoms with Gasteiger partial charge in [0.25, 0.3) is 0 Å². The number of carboxylic acid groups (broad SMARTS) is 1. The number of fused-ring (bicyclic) bond motifs is 1. The van der Waals surface area contributed by atoms with Crippen LogP contribution in [0.15, 0.2) is 0 Å². The molecule has 0 spiro atoms. The molecule has 2 aliphatic rings. The molecule has 188 valence electrons. The second-order valence-corrected chi connectivity index (χ2v) is 7.32. The molecule has 4 atom stereocenters. The summed E-state index contributed by atoms with van der Waals surface area (Å²) < 4.78 is 15.9. The van der Waals surface area contributed by atoms with E-state index in [1.807, 2.05) is 0 Å². The number of nitrogens with zero attached hydrogens (tertiary/aromatic N) is 1. The fraction of sp³-hybridized carbons (Fsp3) is 0.714. The van der Waals surface area contributed by atoms with Crippen molar-refractivity contribution >= 4 is 35.7 Å². The van der Waals surface area contributed by atoms with Crippen LogP contribution in [-0.2, 0) is 43.0 Å². The van der Waals surface area contributed by atoms with Gasteiger partial charge in [-0.05, 0) is 0 Å². The first kappa shape index (κ1) is 27.9. The molecular formula is C21H34N2O10. The van der Waals surface area contributed by atoms with Crippen molar-refractivity contribution in [1.29, 1.82) is 0 Å². The zero-order valence-corrected chi connectivity index (χ0v) is 19.3. The minimum Gasteiger partial charge on any atom is -0.481 e. The molecule has 2 heterocycles. The lowest BCUT2D eigenvalue weighted by atomic mass is 9.92. The van der Waals surface area contributed by atoms with Gasteiger partial charge in [-0.3, -0.25) is 28.8 Å². The largest absolute Gasteiger partial charge is 0.481 e. The minimum absolute atomic E-state index is 0. The molecule has 2 amide bonds. The number of hydrogen-bond donors (Lipinski definition) is 2. The summed E-state index contributed by atoms with van der Waals surface area (Å²) in [6, 6.07) is -0.521. The summed E-state index contributed by atoms with van der Waals surface area (Å²) in [5.41, 5.74) is 0. The monoisotopic (exact) mass is 474 g/mol. The lowest BCUT2D eigenvalue weighted by Gasteiger charge is -2.44. The van der Waals surface area contributed by atoms with Crippen LogP contribution >= 0.6 is 0 Å². The Bertz CT molecular complexity index is 760. The molecule has 0 aromatic carbocycles. The number of carbonyl (C=O) groups excluding carboxylic acids is 5. The van der Waals surface area contributed by atoms with E-state index >= 15 is 0 Å². The van der Waals surface area contributed by atoms with Crippen LogP contribution in [0, 0.1) is 0 Å². The van der Waals surface area contributed by atoms with Gasteiger partial charge in [-0.15, -0.1) is 0 Å². The maximum atomic E-state index is 12.3. The van der Waals surface area contributed by atoms with E-state index in [2.05, 4.69) is 5.32 Å². The van der Waals surface area contributed by atoms with E-state index in [1.165, 1.54) is 4.90 Å². The predicted molar refractivity (Wildman–Crippen MR) is 113 cm³/mol. The van der Waals surface area contributed by atoms with E-state index in [9.17, 15) is 28.8 Å². The van der Waals surface area contributed by atoms with Gasteiger partial charge in [-0.1, -0.05) is 27.7 Å². The Morgan fingerprint density at radius 3 is 2.03 bits per heavy atom. The Labute approximate surface area is 193 Å². The van der Waals surface area contributed by atoms with Gasteiger partial charge >= 0.3 is 35.7 Å². The van der Waals surface area contributed by atoms with Crippen LogP contribution in [0.2, 0.25) is 0 Å². The first-order chi connectivity index (χ1) is 15.6. The molecule has 12 heteroatoms. The highest BCUT2D eigenvalue weighted by molar-refractivity contribution is 6.37. The molecule has 33 heavy (non-hydrogen) atoms. The van der Waals surface area contributed by atoms with Gasteiger partial charge in [0.2, 0.25) is 0 Å². The van der Waals surface area contributed by atoms with Crippen molar-refractivity contribution < 1.29 is 49.5 Å². The highest BCUT2D eigenvalue weighted by Gasteiger charge is 2.54. The Morgan fingerprint density at radius 2 is 1.52 bits per heavy atom. The van der Waals surface area contributed by atoms with Crippen molar-refractivity contribution in [2.45, 2.75) is 90.6 Å². The topological polar surface area (TPSA) is 166 Å². The van der Waals surface area contributed by atoms with Crippen LogP contribution < -0.4 is 5.32 Å². The normalized spacial score (nSPS) is 23.5. The second kappa shape index (κ2) is 13.4. The SMILES string of the molecule is CCC(=O)O.CCC(=O)OCC[C@@H]1C[C@H](OC(=O)CC)[C@H](OC(=O)CC)[C@H]2NC(=O)C(=O)N12.[HH]. The van der Waals surface area contributed by atoms with Crippen molar-refractivity contribution in [3.8, 4) is 0 Å². The van der Waals surface area contributed by atoms with Crippen molar-refractivity contribution in [1.82, 2.24) is 10.2 Å². The number of amides is 2. The molecule has 2 N–H and O–H groups in total. The van der Waals surface area contributed by atoms with Crippen LogP contribution in [0.4, 0.5) is 0 Å². The van der Waals surface area contributed by atoms with Crippen LogP contribution in [0.5, 0.6) is 0 Å². The molecule has 0 radical (unpaired) electrons. The van der Waals surface area contributed by atoms with Crippen molar-refractivity contribution in [3.05, 3.63) is 0 Å². The average Bonchev–Trinajstić information content (AvgIpc) is 3.10. The number of ether oxygens (including phenoxy) is 3. The van der Waals surface area contributed by atoms with E-state index in [-0.39, 0.29) is 52.5 Å². The van der Waals surface area contributed by atoms with E-state index in [1.54, 1.807) is 27.7 Å². The van der Waals surface area contributed by atoms with Crippen LogP contribution in [0.1, 0.15) is 67.6 Å². The van der Waals surface area contributed by atoms with Crippen molar-refractivity contribution in [2.75, 3.05) is 6.61 Å². The summed E-state index contributed by atoms with van der Waals surface area (Å²) >= 11 is 0. The molecule has 0 saturated carbocycles. The summed E-state index contributed by atoms with van der Waals surface area (Å²) in [4.78, 5) is 70.0. The molecule has 0 aromatic rings. The fourth-order valence-corrected chi connectivity index (χ4v) is 3.27. The van der Waals surface area contributed by atoms with Gasteiger partial charge in [0, 0.05) is 46.0 Å². The van der Waals surface area contributed by atoms with Crippen molar-refractivity contribution in [2.24, 2.45) is 0 Å². The first-order valence-corrected chi connectivity index (χ1v) is 11.0. The third kappa shape index (κ3) is 8.03. The molecule has 2 rings (SSSR count). The molecule has 0 aromatic heterocycles. The quantitative estimate of drug-likeness (QED) is 0.277. The summed E-state index contributed by atoms with van der Waals surface area (Å²) in [5.74, 6) is -3.72. The van der Waals surface area contributed by atoms with Crippen LogP contribution in [0.25, 0.3) is 0 Å². The Hall–Kier alpha value is -3.18. The maximum Gasteiger partial charge on any atom is 0.313 e. The predicted octanol–water partition coefficient (Wildman–Crippen LogP) is 0.757. The average molecular weight is 475 g/mol. The van der Waals surface area contributed by atoms with Gasteiger partial charge in [-0.25, -0.2) is 0 Å². The summed E-state index contributed by atoms with van der Waals surface area (Å²) in [6.07, 6.45) is -1.69. The third-order valence-electron chi connectivity index (χ3n) is 5.02. The first-order valence-electron chi connectivity index (χ1n) is 11.0. The van der Waals surface area contributed by atoms with Gasteiger partial charge in [0.15, 0.2) is 6.10 Å². The number of hydrogen-bond acceptors (Lipinski definition) is 9. The smallest absolute Gasteiger partial charge is 0.313 e. The number of aliphatic carboxylic acids is 1. The minimum atomic E-state index is -1.01. The summed E-state index contributed by atoms with van der Waals surface area (Å²) in [7, 11) is 0. The number of carboxylic acids is 1. The molecule has 0 bridgehead atoms. The highest BCUT2D eigenvalue weighted by Crippen LogP contribution is 2.32. The zero-order chi connectivity index (χ0) is 25.1. The standard InChI is InChI=1S/C18H26N2O8.C3H6O2.H2/c1-4-12(21)26-8-7-10-9-11(27-13(22)5-2)15(28-14(23)6-3)16-19-17(24)18(25)20(10)16;1-2-3(4)5;/h10-11,15-16H,4-9H2,1-3H3,(H,19,24);2H2,1H3,(H,4,5);1H/t10-,11+,15+,16+;;/m1../s1. The molecule has 0 unspecified atom stereocenters. The molecular weight excluding hydrogens is 440 g/mol. The zero-order valence-electron chi connectivity index (χ0n) is 19.3. The Balaban J connectivity index is 0.00000164. The Morgan fingerprint density at radius 1 is 0.970 bits per heavy atom. The number of piperidine rings is 1. The summed E-state index contributed by atoms with van der Waals surface area (Å²) in [6.45, 7) is 6.56. The molecule has 2 saturated heterocycles.